The van der Waals surface area contributed by atoms with E-state index in [0.717, 1.165) is 50.1 Å². The first kappa shape index (κ1) is 25.1. The number of nitrogens with zero attached hydrogens (tertiary/aromatic N) is 3. The van der Waals surface area contributed by atoms with E-state index in [1.165, 1.54) is 5.01 Å². The highest BCUT2D eigenvalue weighted by Crippen LogP contribution is 2.40. The Balaban J connectivity index is 1.69. The van der Waals surface area contributed by atoms with Gasteiger partial charge in [0.2, 0.25) is 5.91 Å². The molecular weight excluding hydrogens is 478 g/mol. The highest BCUT2D eigenvalue weighted by atomic mass is 16.5. The molecule has 3 aromatic carbocycles. The summed E-state index contributed by atoms with van der Waals surface area (Å²) in [6, 6.07) is 23.6. The molecule has 1 atom stereocenters. The standard InChI is InChI=1S/C31H29N3O4/c1-19-12-13-25-24(16-19)31(21-8-5-4-6-9-21)30(20(2)32-25)26-18-27(22-10-7-11-23(17-22)38-3)34(33-26)28(35)14-15-29(36)37/h4-13,16-17,27H,14-15,18H2,1-3H3,(H,36,37)/t27-/m1/s1. The topological polar surface area (TPSA) is 92.1 Å². The van der Waals surface area contributed by atoms with E-state index in [1.807, 2.05) is 55.5 Å². The van der Waals surface area contributed by atoms with Gasteiger partial charge in [0.1, 0.15) is 5.75 Å². The van der Waals surface area contributed by atoms with Gasteiger partial charge >= 0.3 is 5.97 Å². The van der Waals surface area contributed by atoms with E-state index in [1.54, 1.807) is 7.11 Å². The van der Waals surface area contributed by atoms with Crippen molar-refractivity contribution in [1.82, 2.24) is 9.99 Å². The van der Waals surface area contributed by atoms with Crippen LogP contribution in [-0.4, -0.2) is 39.8 Å². The minimum atomic E-state index is -1.02. The molecule has 0 saturated carbocycles. The van der Waals surface area contributed by atoms with Crippen LogP contribution >= 0.6 is 0 Å². The fourth-order valence-electron chi connectivity index (χ4n) is 5.09. The third-order valence-corrected chi connectivity index (χ3v) is 6.87. The molecule has 5 rings (SSSR count). The summed E-state index contributed by atoms with van der Waals surface area (Å²) in [4.78, 5) is 29.4. The lowest BCUT2D eigenvalue weighted by molar-refractivity contribution is -0.141. The summed E-state index contributed by atoms with van der Waals surface area (Å²) in [7, 11) is 1.60. The van der Waals surface area contributed by atoms with Gasteiger partial charge in [0, 0.05) is 35.0 Å². The molecule has 0 saturated heterocycles. The number of amides is 1. The van der Waals surface area contributed by atoms with Crippen LogP contribution in [0.15, 0.2) is 77.9 Å². The number of carbonyl (C=O) groups is 2. The predicted molar refractivity (Wildman–Crippen MR) is 147 cm³/mol. The maximum atomic E-state index is 13.3. The van der Waals surface area contributed by atoms with Crippen molar-refractivity contribution >= 4 is 28.5 Å². The molecule has 1 aliphatic rings. The lowest BCUT2D eigenvalue weighted by Gasteiger charge is -2.22. The Kier molecular flexibility index (Phi) is 6.92. The summed E-state index contributed by atoms with van der Waals surface area (Å²) in [5, 5.41) is 16.5. The lowest BCUT2D eigenvalue weighted by atomic mass is 9.89. The second-order valence-electron chi connectivity index (χ2n) is 9.51. The largest absolute Gasteiger partial charge is 0.497 e. The van der Waals surface area contributed by atoms with Crippen LogP contribution in [-0.2, 0) is 9.59 Å². The summed E-state index contributed by atoms with van der Waals surface area (Å²) in [6.45, 7) is 4.03. The zero-order valence-electron chi connectivity index (χ0n) is 21.6. The number of fused-ring (bicyclic) bond motifs is 1. The monoisotopic (exact) mass is 507 g/mol. The van der Waals surface area contributed by atoms with Crippen molar-refractivity contribution in [2.24, 2.45) is 5.10 Å². The van der Waals surface area contributed by atoms with E-state index in [4.69, 9.17) is 14.8 Å². The van der Waals surface area contributed by atoms with Crippen LogP contribution in [0.2, 0.25) is 0 Å². The zero-order valence-corrected chi connectivity index (χ0v) is 21.6. The number of pyridine rings is 1. The lowest BCUT2D eigenvalue weighted by Crippen LogP contribution is -2.27. The first-order valence-corrected chi connectivity index (χ1v) is 12.6. The molecule has 38 heavy (non-hydrogen) atoms. The van der Waals surface area contributed by atoms with Crippen molar-refractivity contribution in [2.45, 2.75) is 39.2 Å². The highest BCUT2D eigenvalue weighted by molar-refractivity contribution is 6.14. The Hall–Kier alpha value is -4.52. The highest BCUT2D eigenvalue weighted by Gasteiger charge is 2.35. The van der Waals surface area contributed by atoms with Crippen LogP contribution in [0.1, 0.15) is 47.7 Å². The van der Waals surface area contributed by atoms with Crippen molar-refractivity contribution in [3.8, 4) is 16.9 Å². The maximum absolute atomic E-state index is 13.3. The zero-order chi connectivity index (χ0) is 26.8. The number of carboxylic acid groups (broad SMARTS) is 1. The number of aromatic nitrogens is 1. The molecule has 0 bridgehead atoms. The Morgan fingerprint density at radius 3 is 2.50 bits per heavy atom. The number of hydrazone groups is 1. The minimum Gasteiger partial charge on any atom is -0.497 e. The molecule has 1 amide bonds. The summed E-state index contributed by atoms with van der Waals surface area (Å²) < 4.78 is 5.43. The van der Waals surface area contributed by atoms with Crippen LogP contribution < -0.4 is 4.74 Å². The maximum Gasteiger partial charge on any atom is 0.303 e. The molecular formula is C31H29N3O4. The third-order valence-electron chi connectivity index (χ3n) is 6.87. The van der Waals surface area contributed by atoms with Gasteiger partial charge in [-0.05, 0) is 49.2 Å². The number of aliphatic carboxylic acids is 1. The smallest absolute Gasteiger partial charge is 0.303 e. The molecule has 7 nitrogen and oxygen atoms in total. The first-order chi connectivity index (χ1) is 18.4. The van der Waals surface area contributed by atoms with Gasteiger partial charge in [-0.3, -0.25) is 14.6 Å². The minimum absolute atomic E-state index is 0.133. The Bertz CT molecular complexity index is 1560. The number of benzene rings is 3. The summed E-state index contributed by atoms with van der Waals surface area (Å²) >= 11 is 0. The van der Waals surface area contributed by atoms with E-state index in [-0.39, 0.29) is 18.7 Å². The van der Waals surface area contributed by atoms with Crippen molar-refractivity contribution in [2.75, 3.05) is 7.11 Å². The molecule has 192 valence electrons. The number of ether oxygens (including phenoxy) is 1. The molecule has 0 unspecified atom stereocenters. The average molecular weight is 508 g/mol. The number of aryl methyl sites for hydroxylation is 2. The SMILES string of the molecule is COc1cccc([C@H]2CC(c3c(C)nc4ccc(C)cc4c3-c3ccccc3)=NN2C(=O)CCC(=O)O)c1. The van der Waals surface area contributed by atoms with Crippen LogP contribution in [0.4, 0.5) is 0 Å². The molecule has 0 radical (unpaired) electrons. The third kappa shape index (κ3) is 4.87. The second kappa shape index (κ2) is 10.5. The molecule has 2 heterocycles. The van der Waals surface area contributed by atoms with Gasteiger partial charge in [-0.25, -0.2) is 5.01 Å². The molecule has 0 aliphatic carbocycles. The number of rotatable bonds is 7. The molecule has 4 aromatic rings. The van der Waals surface area contributed by atoms with Crippen LogP contribution in [0.3, 0.4) is 0 Å². The van der Waals surface area contributed by atoms with Gasteiger partial charge in [0.25, 0.3) is 0 Å². The van der Waals surface area contributed by atoms with Gasteiger partial charge in [-0.15, -0.1) is 0 Å². The molecule has 7 heteroatoms. The van der Waals surface area contributed by atoms with Gasteiger partial charge in [-0.1, -0.05) is 54.1 Å². The number of hydrogen-bond donors (Lipinski definition) is 1. The number of methoxy groups -OCH3 is 1. The average Bonchev–Trinajstić information content (AvgIpc) is 3.37. The first-order valence-electron chi connectivity index (χ1n) is 12.6. The van der Waals surface area contributed by atoms with Gasteiger partial charge < -0.3 is 9.84 Å². The quantitative estimate of drug-likeness (QED) is 0.328. The summed E-state index contributed by atoms with van der Waals surface area (Å²) in [6.07, 6.45) is 0.0774. The second-order valence-corrected chi connectivity index (χ2v) is 9.51. The fraction of sp³-hybridized carbons (Fsp3) is 0.226. The van der Waals surface area contributed by atoms with E-state index < -0.39 is 12.0 Å². The molecule has 0 spiro atoms. The number of carbonyl (C=O) groups excluding carboxylic acids is 1. The van der Waals surface area contributed by atoms with Gasteiger partial charge in [-0.2, -0.15) is 5.10 Å². The molecule has 0 fully saturated rings. The van der Waals surface area contributed by atoms with Crippen molar-refractivity contribution in [3.05, 3.63) is 95.2 Å². The normalized spacial score (nSPS) is 15.0. The van der Waals surface area contributed by atoms with Crippen molar-refractivity contribution < 1.29 is 19.4 Å². The Labute approximate surface area is 221 Å². The van der Waals surface area contributed by atoms with Crippen molar-refractivity contribution in [1.29, 1.82) is 0 Å². The summed E-state index contributed by atoms with van der Waals surface area (Å²) in [5.74, 6) is -0.674. The van der Waals surface area contributed by atoms with Gasteiger partial charge in [0.05, 0.1) is 30.8 Å². The summed E-state index contributed by atoms with van der Waals surface area (Å²) in [5.41, 5.74) is 7.43. The van der Waals surface area contributed by atoms with Crippen molar-refractivity contribution in [3.63, 3.8) is 0 Å². The Morgan fingerprint density at radius 2 is 1.76 bits per heavy atom. The van der Waals surface area contributed by atoms with E-state index in [2.05, 4.69) is 31.2 Å². The predicted octanol–water partition coefficient (Wildman–Crippen LogP) is 6.07. The fourth-order valence-corrected chi connectivity index (χ4v) is 5.09. The number of carboxylic acids is 1. The van der Waals surface area contributed by atoms with Crippen LogP contribution in [0.5, 0.6) is 5.75 Å². The Morgan fingerprint density at radius 1 is 0.974 bits per heavy atom. The number of hydrogen-bond acceptors (Lipinski definition) is 5. The van der Waals surface area contributed by atoms with E-state index >= 15 is 0 Å². The van der Waals surface area contributed by atoms with Crippen LogP contribution in [0.25, 0.3) is 22.0 Å². The van der Waals surface area contributed by atoms with Crippen LogP contribution in [0, 0.1) is 13.8 Å². The van der Waals surface area contributed by atoms with Gasteiger partial charge in [0.15, 0.2) is 0 Å². The van der Waals surface area contributed by atoms with E-state index in [0.29, 0.717) is 12.2 Å². The molecule has 1 N–H and O–H groups in total. The van der Waals surface area contributed by atoms with E-state index in [9.17, 15) is 14.7 Å². The molecule has 1 aliphatic heterocycles. The molecule has 1 aromatic heterocycles.